The minimum Gasteiger partial charge on any atom is -0.332 e. The van der Waals surface area contributed by atoms with E-state index in [0.29, 0.717) is 18.8 Å². The average molecular weight is 343 g/mol. The molecule has 1 rings (SSSR count). The van der Waals surface area contributed by atoms with Crippen molar-refractivity contribution in [1.82, 2.24) is 14.7 Å². The van der Waals surface area contributed by atoms with Gasteiger partial charge in [0.2, 0.25) is 0 Å². The molecule has 5 nitrogen and oxygen atoms in total. The Bertz CT molecular complexity index is 402. The van der Waals surface area contributed by atoms with Gasteiger partial charge in [0, 0.05) is 17.4 Å². The maximum absolute atomic E-state index is 11.7. The van der Waals surface area contributed by atoms with Gasteiger partial charge >= 0.3 is 0 Å². The first kappa shape index (κ1) is 12.9. The van der Waals surface area contributed by atoms with Crippen LogP contribution in [-0.2, 0) is 16.4 Å². The van der Waals surface area contributed by atoms with Gasteiger partial charge in [-0.3, -0.25) is 0 Å². The zero-order chi connectivity index (χ0) is 11.3. The highest BCUT2D eigenvalue weighted by molar-refractivity contribution is 14.1. The third kappa shape index (κ3) is 3.72. The Morgan fingerprint density at radius 2 is 2.33 bits per heavy atom. The summed E-state index contributed by atoms with van der Waals surface area (Å²) in [5.41, 5.74) is 0. The number of hydrogen-bond acceptors (Lipinski definition) is 3. The lowest BCUT2D eigenvalue weighted by molar-refractivity contribution is 0.577. The number of nitrogens with one attached hydrogen (secondary N) is 2. The first-order valence-electron chi connectivity index (χ1n) is 4.69. The maximum Gasteiger partial charge on any atom is 0.257 e. The van der Waals surface area contributed by atoms with Crippen molar-refractivity contribution in [3.63, 3.8) is 0 Å². The van der Waals surface area contributed by atoms with Gasteiger partial charge in [0.1, 0.15) is 5.82 Å². The molecule has 0 aliphatic heterocycles. The number of sulfonamides is 1. The van der Waals surface area contributed by atoms with E-state index >= 15 is 0 Å². The van der Waals surface area contributed by atoms with Crippen molar-refractivity contribution in [1.29, 1.82) is 0 Å². The summed E-state index contributed by atoms with van der Waals surface area (Å²) in [6, 6.07) is 0. The Morgan fingerprint density at radius 3 is 2.87 bits per heavy atom. The van der Waals surface area contributed by atoms with Gasteiger partial charge in [-0.1, -0.05) is 29.5 Å². The van der Waals surface area contributed by atoms with Crippen LogP contribution < -0.4 is 4.72 Å². The number of halogens is 1. The van der Waals surface area contributed by atoms with Crippen molar-refractivity contribution in [2.75, 3.05) is 11.0 Å². The molecule has 15 heavy (non-hydrogen) atoms. The van der Waals surface area contributed by atoms with Gasteiger partial charge in [-0.2, -0.15) is 0 Å². The topological polar surface area (TPSA) is 74.8 Å². The fourth-order valence-electron chi connectivity index (χ4n) is 1.01. The van der Waals surface area contributed by atoms with Gasteiger partial charge < -0.3 is 4.98 Å². The molecule has 0 saturated heterocycles. The molecule has 0 amide bonds. The van der Waals surface area contributed by atoms with E-state index in [1.807, 2.05) is 6.92 Å². The van der Waals surface area contributed by atoms with Crippen LogP contribution in [-0.4, -0.2) is 29.4 Å². The first-order valence-corrected chi connectivity index (χ1v) is 7.70. The van der Waals surface area contributed by atoms with E-state index in [4.69, 9.17) is 0 Å². The highest BCUT2D eigenvalue weighted by Gasteiger charge is 2.15. The van der Waals surface area contributed by atoms with Crippen molar-refractivity contribution >= 4 is 32.6 Å². The highest BCUT2D eigenvalue weighted by atomic mass is 127. The lowest BCUT2D eigenvalue weighted by Gasteiger charge is -2.02. The average Bonchev–Trinajstić information content (AvgIpc) is 2.66. The molecule has 0 radical (unpaired) electrons. The van der Waals surface area contributed by atoms with E-state index in [1.54, 1.807) is 0 Å². The maximum atomic E-state index is 11.7. The van der Waals surface area contributed by atoms with E-state index in [-0.39, 0.29) is 5.03 Å². The van der Waals surface area contributed by atoms with Gasteiger partial charge in [-0.05, 0) is 6.42 Å². The number of nitrogens with zero attached hydrogens (tertiary/aromatic N) is 1. The SMILES string of the molecule is CCc1ncc(S(=O)(=O)NCCCI)[nH]1. The van der Waals surface area contributed by atoms with Crippen molar-refractivity contribution in [2.24, 2.45) is 0 Å². The number of aryl methyl sites for hydroxylation is 1. The fourth-order valence-corrected chi connectivity index (χ4v) is 2.40. The molecule has 0 unspecified atom stereocenters. The number of hydrogen-bond donors (Lipinski definition) is 2. The standard InChI is InChI=1S/C8H14IN3O2S/c1-2-7-10-6-8(12-7)15(13,14)11-5-3-4-9/h6,11H,2-5H2,1H3,(H,10,12). The van der Waals surface area contributed by atoms with E-state index in [0.717, 1.165) is 10.8 Å². The smallest absolute Gasteiger partial charge is 0.257 e. The molecule has 7 heteroatoms. The molecule has 0 saturated carbocycles. The normalized spacial score (nSPS) is 11.9. The molecule has 0 aromatic carbocycles. The zero-order valence-corrected chi connectivity index (χ0v) is 11.4. The van der Waals surface area contributed by atoms with Crippen molar-refractivity contribution < 1.29 is 8.42 Å². The second-order valence-corrected chi connectivity index (χ2v) is 5.80. The van der Waals surface area contributed by atoms with Crippen LogP contribution in [0.15, 0.2) is 11.2 Å². The van der Waals surface area contributed by atoms with Crippen LogP contribution in [0.4, 0.5) is 0 Å². The number of imidazole rings is 1. The van der Waals surface area contributed by atoms with Crippen LogP contribution in [0.25, 0.3) is 0 Å². The van der Waals surface area contributed by atoms with E-state index in [9.17, 15) is 8.42 Å². The van der Waals surface area contributed by atoms with Crippen LogP contribution in [0.2, 0.25) is 0 Å². The Morgan fingerprint density at radius 1 is 1.60 bits per heavy atom. The molecule has 0 aliphatic carbocycles. The zero-order valence-electron chi connectivity index (χ0n) is 8.46. The van der Waals surface area contributed by atoms with Crippen LogP contribution in [0.3, 0.4) is 0 Å². The predicted molar refractivity (Wildman–Crippen MR) is 66.7 cm³/mol. The minimum absolute atomic E-state index is 0.146. The molecular formula is C8H14IN3O2S. The van der Waals surface area contributed by atoms with Crippen molar-refractivity contribution in [2.45, 2.75) is 24.8 Å². The Hall–Kier alpha value is -0.150. The summed E-state index contributed by atoms with van der Waals surface area (Å²) in [6.07, 6.45) is 2.88. The number of H-pyrrole nitrogens is 1. The van der Waals surface area contributed by atoms with Crippen molar-refractivity contribution in [3.8, 4) is 0 Å². The van der Waals surface area contributed by atoms with Gasteiger partial charge in [0.15, 0.2) is 5.03 Å². The molecular weight excluding hydrogens is 329 g/mol. The lowest BCUT2D eigenvalue weighted by Crippen LogP contribution is -2.25. The van der Waals surface area contributed by atoms with Crippen LogP contribution >= 0.6 is 22.6 Å². The van der Waals surface area contributed by atoms with Crippen LogP contribution in [0.1, 0.15) is 19.2 Å². The van der Waals surface area contributed by atoms with Gasteiger partial charge in [-0.25, -0.2) is 18.1 Å². The summed E-state index contributed by atoms with van der Waals surface area (Å²) in [4.78, 5) is 6.72. The summed E-state index contributed by atoms with van der Waals surface area (Å²) in [5, 5.41) is 0.146. The van der Waals surface area contributed by atoms with Crippen LogP contribution in [0, 0.1) is 0 Å². The first-order chi connectivity index (χ1) is 7.10. The summed E-state index contributed by atoms with van der Waals surface area (Å²) < 4.78 is 26.7. The van der Waals surface area contributed by atoms with Gasteiger partial charge in [-0.15, -0.1) is 0 Å². The predicted octanol–water partition coefficient (Wildman–Crippen LogP) is 1.08. The van der Waals surface area contributed by atoms with Gasteiger partial charge in [0.25, 0.3) is 10.0 Å². The van der Waals surface area contributed by atoms with Crippen LogP contribution in [0.5, 0.6) is 0 Å². The monoisotopic (exact) mass is 343 g/mol. The molecule has 1 heterocycles. The molecule has 1 aromatic rings. The largest absolute Gasteiger partial charge is 0.332 e. The van der Waals surface area contributed by atoms with Crippen molar-refractivity contribution in [3.05, 3.63) is 12.0 Å². The molecule has 1 aromatic heterocycles. The molecule has 0 aliphatic rings. The molecule has 0 spiro atoms. The Balaban J connectivity index is 2.68. The molecule has 2 N–H and O–H groups in total. The fraction of sp³-hybridized carbons (Fsp3) is 0.625. The summed E-state index contributed by atoms with van der Waals surface area (Å²) in [6.45, 7) is 2.38. The molecule has 0 bridgehead atoms. The summed E-state index contributed by atoms with van der Waals surface area (Å²) >= 11 is 2.21. The summed E-state index contributed by atoms with van der Waals surface area (Å²) in [5.74, 6) is 0.685. The van der Waals surface area contributed by atoms with E-state index in [1.165, 1.54) is 6.20 Å². The molecule has 86 valence electrons. The number of aromatic nitrogens is 2. The highest BCUT2D eigenvalue weighted by Crippen LogP contribution is 2.05. The molecule has 0 atom stereocenters. The second-order valence-electron chi connectivity index (χ2n) is 2.99. The van der Waals surface area contributed by atoms with E-state index in [2.05, 4.69) is 37.3 Å². The Kier molecular flexibility index (Phi) is 5.00. The van der Waals surface area contributed by atoms with E-state index < -0.39 is 10.0 Å². The quantitative estimate of drug-likeness (QED) is 0.461. The number of aromatic amines is 1. The molecule has 0 fully saturated rings. The second kappa shape index (κ2) is 5.80. The third-order valence-corrected chi connectivity index (χ3v) is 3.97. The van der Waals surface area contributed by atoms with Gasteiger partial charge in [0.05, 0.1) is 6.20 Å². The minimum atomic E-state index is -3.39. The number of alkyl halides is 1. The Labute approximate surface area is 103 Å². The third-order valence-electron chi connectivity index (χ3n) is 1.83. The number of rotatable bonds is 6. The lowest BCUT2D eigenvalue weighted by atomic mass is 10.5. The summed E-state index contributed by atoms with van der Waals surface area (Å²) in [7, 11) is -3.39.